The lowest BCUT2D eigenvalue weighted by Gasteiger charge is -2.61. The van der Waals surface area contributed by atoms with Gasteiger partial charge in [0.15, 0.2) is 0 Å². The number of carbonyl (C=O) groups excluding carboxylic acids is 2. The largest absolute Gasteiger partial charge is 0.497 e. The quantitative estimate of drug-likeness (QED) is 0.617. The van der Waals surface area contributed by atoms with E-state index in [1.54, 1.807) is 7.11 Å². The molecular weight excluding hydrogens is 436 g/mol. The Morgan fingerprint density at radius 2 is 1.80 bits per heavy atom. The summed E-state index contributed by atoms with van der Waals surface area (Å²) in [7, 11) is 3.70. The van der Waals surface area contributed by atoms with Crippen molar-refractivity contribution in [2.45, 2.75) is 90.6 Å². The Labute approximate surface area is 211 Å². The van der Waals surface area contributed by atoms with Gasteiger partial charge in [-0.1, -0.05) is 26.0 Å². The van der Waals surface area contributed by atoms with Crippen LogP contribution in [0.5, 0.6) is 5.75 Å². The number of fused-ring (bicyclic) bond motifs is 5. The summed E-state index contributed by atoms with van der Waals surface area (Å²) in [6, 6.07) is 8.41. The predicted octanol–water partition coefficient (Wildman–Crippen LogP) is 5.53. The van der Waals surface area contributed by atoms with Crippen LogP contribution in [-0.4, -0.2) is 36.9 Å². The van der Waals surface area contributed by atoms with E-state index < -0.39 is 5.54 Å². The molecule has 5 heteroatoms. The number of nitrogens with zero attached hydrogens (tertiary/aromatic N) is 1. The van der Waals surface area contributed by atoms with Crippen LogP contribution in [0.4, 0.5) is 0 Å². The van der Waals surface area contributed by atoms with Crippen molar-refractivity contribution in [2.75, 3.05) is 14.2 Å². The van der Waals surface area contributed by atoms with Gasteiger partial charge in [0.25, 0.3) is 0 Å². The Kier molecular flexibility index (Phi) is 6.00. The highest BCUT2D eigenvalue weighted by atomic mass is 16.5. The van der Waals surface area contributed by atoms with Gasteiger partial charge in [-0.2, -0.15) is 0 Å². The molecule has 1 heterocycles. The number of piperidine rings is 1. The van der Waals surface area contributed by atoms with Crippen LogP contribution in [0.15, 0.2) is 24.3 Å². The van der Waals surface area contributed by atoms with Gasteiger partial charge in [-0.3, -0.25) is 9.59 Å². The second kappa shape index (κ2) is 8.52. The minimum Gasteiger partial charge on any atom is -0.497 e. The maximum absolute atomic E-state index is 13.8. The van der Waals surface area contributed by atoms with Gasteiger partial charge >= 0.3 is 0 Å². The van der Waals surface area contributed by atoms with Gasteiger partial charge in [0.05, 0.1) is 12.6 Å². The van der Waals surface area contributed by atoms with Crippen LogP contribution < -0.4 is 10.1 Å². The first-order valence-electron chi connectivity index (χ1n) is 13.7. The Bertz CT molecular complexity index is 1010. The number of benzene rings is 1. The first-order valence-corrected chi connectivity index (χ1v) is 13.7. The summed E-state index contributed by atoms with van der Waals surface area (Å²) >= 11 is 0. The molecule has 5 nitrogen and oxygen atoms in total. The second-order valence-corrected chi connectivity index (χ2v) is 13.0. The van der Waals surface area contributed by atoms with Crippen molar-refractivity contribution in [3.8, 4) is 5.75 Å². The molecule has 3 saturated carbocycles. The number of carbonyl (C=O) groups is 2. The van der Waals surface area contributed by atoms with Crippen molar-refractivity contribution in [1.29, 1.82) is 0 Å². The lowest BCUT2D eigenvalue weighted by atomic mass is 9.47. The maximum Gasteiger partial charge on any atom is 0.224 e. The minimum absolute atomic E-state index is 0.0648. The van der Waals surface area contributed by atoms with Gasteiger partial charge < -0.3 is 15.0 Å². The van der Waals surface area contributed by atoms with Crippen LogP contribution in [0.25, 0.3) is 0 Å². The standard InChI is InChI=1S/C30H44N2O3/c1-28(2,19-8-7-9-20(18-19)35-6)31-27(34)24-12-11-22-21-10-13-25-30(4,17-15-26(33)32(25)5)23(21)14-16-29(22,24)3/h7-9,18,21-25H,10-17H2,1-6H3,(H,31,34)/t21-,22-,23-,24+,25+,29-,30+/m0/s1. The number of amides is 2. The van der Waals surface area contributed by atoms with E-state index in [1.807, 2.05) is 25.2 Å². The summed E-state index contributed by atoms with van der Waals surface area (Å²) in [5.41, 5.74) is 0.898. The molecule has 1 aromatic carbocycles. The van der Waals surface area contributed by atoms with E-state index in [0.717, 1.165) is 43.4 Å². The third-order valence-corrected chi connectivity index (χ3v) is 11.1. The van der Waals surface area contributed by atoms with Crippen LogP contribution >= 0.6 is 0 Å². The molecule has 7 atom stereocenters. The molecule has 1 aliphatic heterocycles. The van der Waals surface area contributed by atoms with Crippen LogP contribution in [0.1, 0.15) is 84.6 Å². The van der Waals surface area contributed by atoms with Gasteiger partial charge in [0.1, 0.15) is 5.75 Å². The average molecular weight is 481 g/mol. The minimum atomic E-state index is -0.456. The summed E-state index contributed by atoms with van der Waals surface area (Å²) in [5, 5.41) is 3.42. The highest BCUT2D eigenvalue weighted by Gasteiger charge is 2.62. The van der Waals surface area contributed by atoms with Gasteiger partial charge in [0.2, 0.25) is 11.8 Å². The fourth-order valence-corrected chi connectivity index (χ4v) is 9.06. The summed E-state index contributed by atoms with van der Waals surface area (Å²) in [6.07, 6.45) is 8.50. The Hall–Kier alpha value is -2.04. The normalized spacial score (nSPS) is 38.9. The fraction of sp³-hybridized carbons (Fsp3) is 0.733. The highest BCUT2D eigenvalue weighted by Crippen LogP contribution is 2.66. The summed E-state index contributed by atoms with van der Waals surface area (Å²) in [5.74, 6) is 3.38. The molecule has 0 radical (unpaired) electrons. The molecule has 2 amide bonds. The average Bonchev–Trinajstić information content (AvgIpc) is 3.19. The zero-order chi connectivity index (χ0) is 25.2. The van der Waals surface area contributed by atoms with Gasteiger partial charge in [-0.25, -0.2) is 0 Å². The molecule has 0 aromatic heterocycles. The van der Waals surface area contributed by atoms with Crippen molar-refractivity contribution in [3.05, 3.63) is 29.8 Å². The zero-order valence-corrected chi connectivity index (χ0v) is 22.5. The lowest BCUT2D eigenvalue weighted by molar-refractivity contribution is -0.160. The molecule has 5 rings (SSSR count). The lowest BCUT2D eigenvalue weighted by Crippen LogP contribution is -2.61. The predicted molar refractivity (Wildman–Crippen MR) is 138 cm³/mol. The molecule has 0 unspecified atom stereocenters. The Morgan fingerprint density at radius 3 is 2.54 bits per heavy atom. The molecule has 4 fully saturated rings. The van der Waals surface area contributed by atoms with E-state index in [-0.39, 0.29) is 22.7 Å². The number of hydrogen-bond acceptors (Lipinski definition) is 3. The van der Waals surface area contributed by atoms with Crippen molar-refractivity contribution < 1.29 is 14.3 Å². The van der Waals surface area contributed by atoms with Crippen LogP contribution in [-0.2, 0) is 15.1 Å². The molecule has 1 saturated heterocycles. The van der Waals surface area contributed by atoms with Crippen molar-refractivity contribution in [3.63, 3.8) is 0 Å². The molecule has 3 aliphatic carbocycles. The summed E-state index contributed by atoms with van der Waals surface area (Å²) in [4.78, 5) is 28.3. The highest BCUT2D eigenvalue weighted by molar-refractivity contribution is 5.81. The van der Waals surface area contributed by atoms with E-state index in [0.29, 0.717) is 36.1 Å². The summed E-state index contributed by atoms with van der Waals surface area (Å²) < 4.78 is 5.42. The molecule has 1 aromatic rings. The number of likely N-dealkylation sites (tertiary alicyclic amines) is 1. The molecular formula is C30H44N2O3. The summed E-state index contributed by atoms with van der Waals surface area (Å²) in [6.45, 7) is 9.06. The van der Waals surface area contributed by atoms with Crippen molar-refractivity contribution in [1.82, 2.24) is 10.2 Å². The molecule has 35 heavy (non-hydrogen) atoms. The third kappa shape index (κ3) is 3.79. The smallest absolute Gasteiger partial charge is 0.224 e. The van der Waals surface area contributed by atoms with Gasteiger partial charge in [-0.15, -0.1) is 0 Å². The Balaban J connectivity index is 1.34. The van der Waals surface area contributed by atoms with Gasteiger partial charge in [-0.05, 0) is 105 Å². The van der Waals surface area contributed by atoms with E-state index >= 15 is 0 Å². The monoisotopic (exact) mass is 480 g/mol. The van der Waals surface area contributed by atoms with Crippen molar-refractivity contribution in [2.24, 2.45) is 34.5 Å². The van der Waals surface area contributed by atoms with Crippen LogP contribution in [0.3, 0.4) is 0 Å². The molecule has 4 aliphatic rings. The number of rotatable bonds is 4. The van der Waals surface area contributed by atoms with Crippen LogP contribution in [0.2, 0.25) is 0 Å². The van der Waals surface area contributed by atoms with Crippen LogP contribution in [0, 0.1) is 34.5 Å². The second-order valence-electron chi connectivity index (χ2n) is 13.0. The topological polar surface area (TPSA) is 58.6 Å². The number of ether oxygens (including phenoxy) is 1. The molecule has 0 bridgehead atoms. The third-order valence-electron chi connectivity index (χ3n) is 11.1. The maximum atomic E-state index is 13.8. The van der Waals surface area contributed by atoms with Gasteiger partial charge in [0, 0.05) is 25.4 Å². The van der Waals surface area contributed by atoms with E-state index in [9.17, 15) is 9.59 Å². The SMILES string of the molecule is COc1cccc(C(C)(C)NC(=O)[C@H]2CC[C@H]3[C@@H]4CC[C@H]5N(C)C(=O)CC[C@]5(C)[C@H]4CC[C@]23C)c1. The Morgan fingerprint density at radius 1 is 1.06 bits per heavy atom. The first kappa shape index (κ1) is 24.6. The van der Waals surface area contributed by atoms with E-state index in [1.165, 1.54) is 12.8 Å². The van der Waals surface area contributed by atoms with Crippen molar-refractivity contribution >= 4 is 11.8 Å². The zero-order valence-electron chi connectivity index (χ0n) is 22.5. The fourth-order valence-electron chi connectivity index (χ4n) is 9.06. The van der Waals surface area contributed by atoms with E-state index in [2.05, 4.69) is 44.0 Å². The number of methoxy groups -OCH3 is 1. The molecule has 192 valence electrons. The molecule has 0 spiro atoms. The number of hydrogen-bond donors (Lipinski definition) is 1. The van der Waals surface area contributed by atoms with E-state index in [4.69, 9.17) is 4.74 Å². The molecule has 1 N–H and O–H groups in total. The first-order chi connectivity index (χ1) is 16.5. The number of nitrogens with one attached hydrogen (secondary N) is 1.